The van der Waals surface area contributed by atoms with Crippen LogP contribution in [0.5, 0.6) is 0 Å². The maximum Gasteiger partial charge on any atom is 0.435 e. The minimum atomic E-state index is -4.87. The average Bonchev–Trinajstić information content (AvgIpc) is 3.11. The number of aromatic nitrogens is 4. The molecule has 13 nitrogen and oxygen atoms in total. The van der Waals surface area contributed by atoms with Crippen LogP contribution in [0, 0.1) is 0 Å². The van der Waals surface area contributed by atoms with Gasteiger partial charge in [0.05, 0.1) is 5.69 Å². The molecule has 304 valence electrons. The highest BCUT2D eigenvalue weighted by Gasteiger charge is 2.39. The van der Waals surface area contributed by atoms with Gasteiger partial charge in [0.25, 0.3) is 5.91 Å². The predicted octanol–water partition coefficient (Wildman–Crippen LogP) is 6.72. The summed E-state index contributed by atoms with van der Waals surface area (Å²) in [6, 6.07) is 4.68. The van der Waals surface area contributed by atoms with Crippen LogP contribution in [0.1, 0.15) is 51.8 Å². The van der Waals surface area contributed by atoms with Crippen molar-refractivity contribution in [3.63, 3.8) is 0 Å². The number of hydrogen-bond donors (Lipinski definition) is 2. The Morgan fingerprint density at radius 1 is 0.839 bits per heavy atom. The number of nitrogens with two attached hydrogens (primary N) is 1. The first-order chi connectivity index (χ1) is 26.2. The number of ketones is 1. The van der Waals surface area contributed by atoms with Gasteiger partial charge >= 0.3 is 23.5 Å². The molecule has 0 spiro atoms. The van der Waals surface area contributed by atoms with E-state index < -0.39 is 64.3 Å². The van der Waals surface area contributed by atoms with Gasteiger partial charge < -0.3 is 25.6 Å². The number of anilines is 3. The lowest BCUT2D eigenvalue weighted by atomic mass is 10.0. The Kier molecular flexibility index (Phi) is 15.9. The van der Waals surface area contributed by atoms with Gasteiger partial charge in [-0.2, -0.15) is 26.3 Å². The molecule has 0 aliphatic carbocycles. The number of Topliss-reactive ketones (excluding diaryl/α,β-unsaturated/α-hetero) is 1. The van der Waals surface area contributed by atoms with E-state index in [1.165, 1.54) is 50.0 Å². The van der Waals surface area contributed by atoms with Crippen LogP contribution in [-0.2, 0) is 18.8 Å². The zero-order chi connectivity index (χ0) is 42.3. The largest absolute Gasteiger partial charge is 0.435 e. The van der Waals surface area contributed by atoms with E-state index in [-0.39, 0.29) is 32.1 Å². The molecule has 23 heteroatoms. The van der Waals surface area contributed by atoms with E-state index in [0.29, 0.717) is 36.3 Å². The van der Waals surface area contributed by atoms with Crippen molar-refractivity contribution >= 4 is 84.1 Å². The summed E-state index contributed by atoms with van der Waals surface area (Å²) >= 11 is 9.29. The van der Waals surface area contributed by atoms with Crippen molar-refractivity contribution in [2.24, 2.45) is 0 Å². The van der Waals surface area contributed by atoms with Gasteiger partial charge in [-0.15, -0.1) is 33.0 Å². The zero-order valence-electron chi connectivity index (χ0n) is 30.2. The van der Waals surface area contributed by atoms with Crippen LogP contribution >= 0.6 is 55.4 Å². The Morgan fingerprint density at radius 3 is 1.77 bits per heavy atom. The van der Waals surface area contributed by atoms with E-state index in [2.05, 4.69) is 56.8 Å². The standard InChI is InChI=1S/C17H17BrF3N3O3S.C16H16BrF3N4O3S/c1-4-28-12-7-10(18)8-23-15(12)11(25)5-9-6-13(17(19,20)21)24(27-3)16(26)14(9)22-2;1-4-28-10-5-8(17)7-22-12(10)14(25)23(2)13-9(21)6-11(16(18,19)20)24(27-3)15(13)26/h6-8,22H,4-5H2,1-3H3;5-7H,4,21H2,1-3H3. The van der Waals surface area contributed by atoms with Gasteiger partial charge in [0.15, 0.2) is 17.2 Å². The van der Waals surface area contributed by atoms with Gasteiger partial charge in [-0.3, -0.25) is 24.2 Å². The van der Waals surface area contributed by atoms with E-state index in [0.717, 1.165) is 25.2 Å². The van der Waals surface area contributed by atoms with E-state index in [9.17, 15) is 45.5 Å². The maximum absolute atomic E-state index is 13.3. The second-order valence-electron chi connectivity index (χ2n) is 10.9. The first-order valence-electron chi connectivity index (χ1n) is 15.8. The molecule has 0 saturated carbocycles. The number of halogens is 8. The molecule has 4 rings (SSSR count). The van der Waals surface area contributed by atoms with E-state index in [1.54, 1.807) is 12.1 Å². The molecule has 0 aliphatic heterocycles. The minimum Gasteiger partial charge on any atom is -0.413 e. The predicted molar refractivity (Wildman–Crippen MR) is 208 cm³/mol. The lowest BCUT2D eigenvalue weighted by molar-refractivity contribution is -0.152. The van der Waals surface area contributed by atoms with E-state index in [1.807, 2.05) is 13.8 Å². The van der Waals surface area contributed by atoms with Crippen molar-refractivity contribution < 1.29 is 45.6 Å². The van der Waals surface area contributed by atoms with Crippen molar-refractivity contribution in [3.05, 3.63) is 94.7 Å². The maximum atomic E-state index is 13.3. The summed E-state index contributed by atoms with van der Waals surface area (Å²) in [4.78, 5) is 70.0. The Balaban J connectivity index is 0.000000300. The smallest absolute Gasteiger partial charge is 0.413 e. The topological polar surface area (TPSA) is 164 Å². The van der Waals surface area contributed by atoms with Crippen LogP contribution in [0.2, 0.25) is 0 Å². The number of carbonyl (C=O) groups excluding carboxylic acids is 2. The molecule has 4 heterocycles. The molecule has 0 aliphatic rings. The Hall–Kier alpha value is -4.22. The van der Waals surface area contributed by atoms with Crippen molar-refractivity contribution in [1.29, 1.82) is 0 Å². The number of pyridine rings is 4. The zero-order valence-corrected chi connectivity index (χ0v) is 35.0. The van der Waals surface area contributed by atoms with Gasteiger partial charge in [0.1, 0.15) is 37.0 Å². The molecule has 0 unspecified atom stereocenters. The highest BCUT2D eigenvalue weighted by atomic mass is 79.9. The van der Waals surface area contributed by atoms with Crippen molar-refractivity contribution in [3.8, 4) is 0 Å². The third kappa shape index (κ3) is 10.6. The number of nitrogens with one attached hydrogen (secondary N) is 1. The van der Waals surface area contributed by atoms with Crippen molar-refractivity contribution in [2.75, 3.05) is 55.8 Å². The van der Waals surface area contributed by atoms with E-state index in [4.69, 9.17) is 5.73 Å². The first-order valence-corrected chi connectivity index (χ1v) is 19.4. The van der Waals surface area contributed by atoms with Crippen LogP contribution in [0.4, 0.5) is 43.4 Å². The van der Waals surface area contributed by atoms with Crippen LogP contribution in [0.25, 0.3) is 0 Å². The normalized spacial score (nSPS) is 11.4. The third-order valence-corrected chi connectivity index (χ3v) is 10.0. The molecular weight excluding hydrogens is 928 g/mol. The minimum absolute atomic E-state index is 0.0419. The molecule has 0 bridgehead atoms. The number of rotatable bonds is 12. The fraction of sp³-hybridized carbons (Fsp3) is 0.333. The van der Waals surface area contributed by atoms with Crippen LogP contribution in [0.15, 0.2) is 65.0 Å². The molecule has 0 atom stereocenters. The van der Waals surface area contributed by atoms with Gasteiger partial charge in [-0.1, -0.05) is 13.8 Å². The Labute approximate surface area is 340 Å². The number of carbonyl (C=O) groups is 2. The number of nitrogens with zero attached hydrogens (tertiary/aromatic N) is 5. The second-order valence-corrected chi connectivity index (χ2v) is 15.3. The lowest BCUT2D eigenvalue weighted by Crippen LogP contribution is -2.39. The van der Waals surface area contributed by atoms with Crippen molar-refractivity contribution in [2.45, 2.75) is 42.4 Å². The highest BCUT2D eigenvalue weighted by Crippen LogP contribution is 2.34. The molecule has 3 N–H and O–H groups in total. The summed E-state index contributed by atoms with van der Waals surface area (Å²) in [5.41, 5.74) is -0.256. The highest BCUT2D eigenvalue weighted by molar-refractivity contribution is 9.10. The fourth-order valence-corrected chi connectivity index (χ4v) is 7.60. The summed E-state index contributed by atoms with van der Waals surface area (Å²) in [6.07, 6.45) is -7.29. The van der Waals surface area contributed by atoms with Gasteiger partial charge in [-0.25, -0.2) is 4.98 Å². The molecule has 0 aromatic carbocycles. The van der Waals surface area contributed by atoms with Gasteiger partial charge in [0, 0.05) is 51.6 Å². The average molecular weight is 962 g/mol. The van der Waals surface area contributed by atoms with Crippen LogP contribution in [0.3, 0.4) is 0 Å². The van der Waals surface area contributed by atoms with Crippen LogP contribution in [-0.4, -0.2) is 70.9 Å². The molecule has 0 fully saturated rings. The first kappa shape index (κ1) is 46.2. The fourth-order valence-electron chi connectivity index (χ4n) is 5.01. The second kappa shape index (κ2) is 19.3. The summed E-state index contributed by atoms with van der Waals surface area (Å²) in [5, 5.41) is 2.56. The summed E-state index contributed by atoms with van der Waals surface area (Å²) < 4.78 is 80.9. The van der Waals surface area contributed by atoms with Gasteiger partial charge in [0.2, 0.25) is 0 Å². The Bertz CT molecular complexity index is 2220. The Morgan fingerprint density at radius 2 is 1.30 bits per heavy atom. The lowest BCUT2D eigenvalue weighted by Gasteiger charge is -2.22. The molecule has 56 heavy (non-hydrogen) atoms. The van der Waals surface area contributed by atoms with Crippen LogP contribution < -0.4 is 36.7 Å². The number of thioether (sulfide) groups is 2. The summed E-state index contributed by atoms with van der Waals surface area (Å²) in [6.45, 7) is 3.79. The van der Waals surface area contributed by atoms with Gasteiger partial charge in [-0.05, 0) is 73.2 Å². The molecule has 0 saturated heterocycles. The monoisotopic (exact) mass is 959 g/mol. The number of amides is 1. The SMILES string of the molecule is CCSc1cc(Br)cnc1C(=O)Cc1cc(C(F)(F)F)n(OC)c(=O)c1NC.CCSc1cc(Br)cnc1C(=O)N(C)c1c(N)cc(C(F)(F)F)n(OC)c1=O. The molecular formula is C33H33Br2F6N7O6S2. The number of nitrogen functional groups attached to an aromatic ring is 1. The quantitative estimate of drug-likeness (QED) is 0.0878. The molecule has 1 amide bonds. The van der Waals surface area contributed by atoms with E-state index >= 15 is 0 Å². The molecule has 4 aromatic rings. The third-order valence-electron chi connectivity index (χ3n) is 7.31. The molecule has 0 radical (unpaired) electrons. The summed E-state index contributed by atoms with van der Waals surface area (Å²) in [5.74, 6) is 0.140. The number of hydrogen-bond acceptors (Lipinski definition) is 12. The van der Waals surface area contributed by atoms with Crippen molar-refractivity contribution in [1.82, 2.24) is 19.4 Å². The molecule has 4 aromatic heterocycles. The summed E-state index contributed by atoms with van der Waals surface area (Å²) in [7, 11) is 4.48. The number of alkyl halides is 6.